The van der Waals surface area contributed by atoms with Crippen molar-refractivity contribution >= 4 is 0 Å². The third-order valence-electron chi connectivity index (χ3n) is 2.46. The maximum atomic E-state index is 5.61. The number of nitrogens with two attached hydrogens (primary N) is 1. The lowest BCUT2D eigenvalue weighted by atomic mass is 10.2. The summed E-state index contributed by atoms with van der Waals surface area (Å²) in [7, 11) is 1.66. The number of ether oxygens (including phenoxy) is 2. The largest absolute Gasteiger partial charge is 0.382 e. The van der Waals surface area contributed by atoms with Gasteiger partial charge in [0.05, 0.1) is 19.8 Å². The van der Waals surface area contributed by atoms with Gasteiger partial charge in [0.25, 0.3) is 0 Å². The molecule has 0 atom stereocenters. The molecule has 0 amide bonds. The number of nitrogens with zero attached hydrogens (tertiary/aromatic N) is 2. The Kier molecular flexibility index (Phi) is 6.69. The van der Waals surface area contributed by atoms with Crippen LogP contribution in [0, 0.1) is 0 Å². The van der Waals surface area contributed by atoms with E-state index in [0.717, 1.165) is 29.9 Å². The Balaban J connectivity index is 2.43. The van der Waals surface area contributed by atoms with Gasteiger partial charge in [0, 0.05) is 37.5 Å². The van der Waals surface area contributed by atoms with Crippen molar-refractivity contribution in [1.29, 1.82) is 0 Å². The van der Waals surface area contributed by atoms with Crippen LogP contribution in [0.25, 0.3) is 0 Å². The van der Waals surface area contributed by atoms with Crippen LogP contribution in [0.1, 0.15) is 24.0 Å². The lowest BCUT2D eigenvalue weighted by Crippen LogP contribution is -2.10. The lowest BCUT2D eigenvalue weighted by molar-refractivity contribution is 0.0716. The molecule has 0 saturated heterocycles. The molecule has 96 valence electrons. The molecule has 0 radical (unpaired) electrons. The van der Waals surface area contributed by atoms with Crippen LogP contribution in [-0.4, -0.2) is 36.9 Å². The van der Waals surface area contributed by atoms with Gasteiger partial charge in [0.2, 0.25) is 0 Å². The predicted octanol–water partition coefficient (Wildman–Crippen LogP) is 0.703. The fourth-order valence-electron chi connectivity index (χ4n) is 1.49. The summed E-state index contributed by atoms with van der Waals surface area (Å²) in [5.41, 5.74) is 7.67. The van der Waals surface area contributed by atoms with E-state index in [1.54, 1.807) is 7.11 Å². The fraction of sp³-hybridized carbons (Fsp3) is 0.667. The average Bonchev–Trinajstić information content (AvgIpc) is 2.38. The molecule has 0 saturated carbocycles. The molecule has 0 unspecified atom stereocenters. The molecule has 1 aromatic heterocycles. The van der Waals surface area contributed by atoms with Gasteiger partial charge in [-0.25, -0.2) is 9.97 Å². The Bertz CT molecular complexity index is 332. The van der Waals surface area contributed by atoms with E-state index in [4.69, 9.17) is 15.2 Å². The summed E-state index contributed by atoms with van der Waals surface area (Å²) >= 11 is 0. The topological polar surface area (TPSA) is 70.3 Å². The summed E-state index contributed by atoms with van der Waals surface area (Å²) in [5, 5.41) is 0. The highest BCUT2D eigenvalue weighted by atomic mass is 16.5. The van der Waals surface area contributed by atoms with Crippen molar-refractivity contribution in [2.75, 3.05) is 26.9 Å². The van der Waals surface area contributed by atoms with Crippen molar-refractivity contribution in [3.05, 3.63) is 23.3 Å². The minimum absolute atomic E-state index is 0.494. The average molecular weight is 239 g/mol. The van der Waals surface area contributed by atoms with Crippen LogP contribution in [0.4, 0.5) is 0 Å². The highest BCUT2D eigenvalue weighted by Crippen LogP contribution is 2.05. The third kappa shape index (κ3) is 4.77. The molecule has 1 aromatic rings. The number of methoxy groups -OCH3 is 1. The molecule has 0 spiro atoms. The maximum Gasteiger partial charge on any atom is 0.130 e. The summed E-state index contributed by atoms with van der Waals surface area (Å²) in [6, 6.07) is 0. The molecule has 0 fully saturated rings. The zero-order chi connectivity index (χ0) is 12.5. The van der Waals surface area contributed by atoms with Gasteiger partial charge >= 0.3 is 0 Å². The Morgan fingerprint density at radius 3 is 2.76 bits per heavy atom. The van der Waals surface area contributed by atoms with Crippen LogP contribution in [0.3, 0.4) is 0 Å². The molecule has 5 heteroatoms. The SMILES string of the molecule is CCc1nc(CCOCCOC)ncc1CN. The zero-order valence-corrected chi connectivity index (χ0v) is 10.6. The summed E-state index contributed by atoms with van der Waals surface area (Å²) in [4.78, 5) is 8.75. The second-order valence-corrected chi connectivity index (χ2v) is 3.67. The van der Waals surface area contributed by atoms with E-state index in [9.17, 15) is 0 Å². The van der Waals surface area contributed by atoms with Gasteiger partial charge in [-0.1, -0.05) is 6.92 Å². The van der Waals surface area contributed by atoms with Crippen molar-refractivity contribution < 1.29 is 9.47 Å². The Hall–Kier alpha value is -1.04. The molecule has 2 N–H and O–H groups in total. The molecule has 0 aliphatic heterocycles. The first kappa shape index (κ1) is 14.0. The van der Waals surface area contributed by atoms with Gasteiger partial charge in [0.1, 0.15) is 5.82 Å². The minimum Gasteiger partial charge on any atom is -0.382 e. The molecule has 1 rings (SSSR count). The van der Waals surface area contributed by atoms with E-state index in [0.29, 0.717) is 26.4 Å². The van der Waals surface area contributed by atoms with Crippen molar-refractivity contribution in [2.24, 2.45) is 5.73 Å². The van der Waals surface area contributed by atoms with Gasteiger partial charge in [-0.2, -0.15) is 0 Å². The third-order valence-corrected chi connectivity index (χ3v) is 2.46. The molecule has 1 heterocycles. The molecule has 17 heavy (non-hydrogen) atoms. The molecule has 0 aliphatic rings. The number of hydrogen-bond donors (Lipinski definition) is 1. The highest BCUT2D eigenvalue weighted by Gasteiger charge is 2.04. The van der Waals surface area contributed by atoms with Crippen molar-refractivity contribution in [2.45, 2.75) is 26.3 Å². The van der Waals surface area contributed by atoms with E-state index in [1.807, 2.05) is 6.20 Å². The van der Waals surface area contributed by atoms with Crippen LogP contribution in [-0.2, 0) is 28.9 Å². The summed E-state index contributed by atoms with van der Waals surface area (Å²) in [5.74, 6) is 0.816. The molecular formula is C12H21N3O2. The quantitative estimate of drug-likeness (QED) is 0.676. The number of aromatic nitrogens is 2. The zero-order valence-electron chi connectivity index (χ0n) is 10.6. The molecular weight excluding hydrogens is 218 g/mol. The van der Waals surface area contributed by atoms with E-state index < -0.39 is 0 Å². The maximum absolute atomic E-state index is 5.61. The number of hydrogen-bond acceptors (Lipinski definition) is 5. The van der Waals surface area contributed by atoms with E-state index in [-0.39, 0.29) is 0 Å². The first-order chi connectivity index (χ1) is 8.31. The van der Waals surface area contributed by atoms with E-state index in [1.165, 1.54) is 0 Å². The highest BCUT2D eigenvalue weighted by molar-refractivity contribution is 5.17. The standard InChI is InChI=1S/C12H21N3O2/c1-3-11-10(8-13)9-14-12(15-11)4-5-17-7-6-16-2/h9H,3-8,13H2,1-2H3. The summed E-state index contributed by atoms with van der Waals surface area (Å²) < 4.78 is 10.3. The Morgan fingerprint density at radius 2 is 2.12 bits per heavy atom. The van der Waals surface area contributed by atoms with Gasteiger partial charge in [-0.05, 0) is 6.42 Å². The van der Waals surface area contributed by atoms with Gasteiger partial charge < -0.3 is 15.2 Å². The van der Waals surface area contributed by atoms with Crippen LogP contribution in [0.2, 0.25) is 0 Å². The van der Waals surface area contributed by atoms with Crippen LogP contribution < -0.4 is 5.73 Å². The van der Waals surface area contributed by atoms with Crippen LogP contribution in [0.15, 0.2) is 6.20 Å². The van der Waals surface area contributed by atoms with Gasteiger partial charge in [-0.15, -0.1) is 0 Å². The van der Waals surface area contributed by atoms with E-state index in [2.05, 4.69) is 16.9 Å². The lowest BCUT2D eigenvalue weighted by Gasteiger charge is -2.07. The van der Waals surface area contributed by atoms with Crippen molar-refractivity contribution in [3.8, 4) is 0 Å². The van der Waals surface area contributed by atoms with Crippen LogP contribution in [0.5, 0.6) is 0 Å². The second-order valence-electron chi connectivity index (χ2n) is 3.67. The normalized spacial score (nSPS) is 10.8. The first-order valence-corrected chi connectivity index (χ1v) is 5.92. The van der Waals surface area contributed by atoms with Crippen molar-refractivity contribution in [1.82, 2.24) is 9.97 Å². The molecule has 0 aromatic carbocycles. The smallest absolute Gasteiger partial charge is 0.130 e. The summed E-state index contributed by atoms with van der Waals surface area (Å²) in [6.07, 6.45) is 3.42. The summed E-state index contributed by atoms with van der Waals surface area (Å²) in [6.45, 7) is 4.41. The monoisotopic (exact) mass is 239 g/mol. The molecule has 0 aliphatic carbocycles. The number of aryl methyl sites for hydroxylation is 1. The Morgan fingerprint density at radius 1 is 1.29 bits per heavy atom. The minimum atomic E-state index is 0.494. The van der Waals surface area contributed by atoms with Gasteiger partial charge in [-0.3, -0.25) is 0 Å². The predicted molar refractivity (Wildman–Crippen MR) is 65.7 cm³/mol. The first-order valence-electron chi connectivity index (χ1n) is 5.92. The fourth-order valence-corrected chi connectivity index (χ4v) is 1.49. The second kappa shape index (κ2) is 8.11. The van der Waals surface area contributed by atoms with Gasteiger partial charge in [0.15, 0.2) is 0 Å². The van der Waals surface area contributed by atoms with E-state index >= 15 is 0 Å². The Labute approximate surface area is 102 Å². The molecule has 5 nitrogen and oxygen atoms in total. The number of rotatable bonds is 8. The molecule has 0 bridgehead atoms. The van der Waals surface area contributed by atoms with Crippen LogP contribution >= 0.6 is 0 Å². The van der Waals surface area contributed by atoms with Crippen molar-refractivity contribution in [3.63, 3.8) is 0 Å².